The minimum absolute atomic E-state index is 0.0616. The third kappa shape index (κ3) is 4.43. The molecule has 0 saturated carbocycles. The van der Waals surface area contributed by atoms with Crippen molar-refractivity contribution >= 4 is 23.5 Å². The number of ketones is 1. The van der Waals surface area contributed by atoms with Crippen molar-refractivity contribution in [2.75, 3.05) is 19.5 Å². The molecule has 0 aromatic heterocycles. The standard InChI is InChI=1S/C20H19FO4S/c1-24-19-8-6-15(21)10-17(19)18(22)11-25-20(23)12-26-16-7-5-13-3-2-4-14(13)9-16/h5-10H,2-4,11-12H2,1H3. The van der Waals surface area contributed by atoms with Gasteiger partial charge in [0, 0.05) is 4.90 Å². The van der Waals surface area contributed by atoms with Gasteiger partial charge >= 0.3 is 5.97 Å². The number of ether oxygens (including phenoxy) is 2. The molecule has 26 heavy (non-hydrogen) atoms. The molecule has 2 aromatic carbocycles. The van der Waals surface area contributed by atoms with Crippen molar-refractivity contribution in [3.63, 3.8) is 0 Å². The van der Waals surface area contributed by atoms with Gasteiger partial charge in [0.1, 0.15) is 11.6 Å². The highest BCUT2D eigenvalue weighted by Gasteiger charge is 2.16. The lowest BCUT2D eigenvalue weighted by Gasteiger charge is -2.09. The van der Waals surface area contributed by atoms with Crippen LogP contribution in [0.1, 0.15) is 27.9 Å². The highest BCUT2D eigenvalue weighted by molar-refractivity contribution is 8.00. The number of thioether (sulfide) groups is 1. The van der Waals surface area contributed by atoms with Gasteiger partial charge in [-0.05, 0) is 60.7 Å². The SMILES string of the molecule is COc1ccc(F)cc1C(=O)COC(=O)CSc1ccc2c(c1)CCC2. The van der Waals surface area contributed by atoms with Crippen molar-refractivity contribution in [3.05, 3.63) is 58.9 Å². The summed E-state index contributed by atoms with van der Waals surface area (Å²) in [5.41, 5.74) is 2.79. The van der Waals surface area contributed by atoms with Crippen LogP contribution in [0.3, 0.4) is 0 Å². The molecule has 1 aliphatic rings. The van der Waals surface area contributed by atoms with E-state index in [1.165, 1.54) is 48.6 Å². The van der Waals surface area contributed by atoms with Gasteiger partial charge in [-0.2, -0.15) is 0 Å². The zero-order valence-corrected chi connectivity index (χ0v) is 15.2. The number of aryl methyl sites for hydroxylation is 2. The predicted octanol–water partition coefficient (Wildman–Crippen LogP) is 3.84. The molecule has 0 atom stereocenters. The van der Waals surface area contributed by atoms with Gasteiger partial charge in [-0.1, -0.05) is 6.07 Å². The van der Waals surface area contributed by atoms with Crippen LogP contribution >= 0.6 is 11.8 Å². The number of rotatable bonds is 7. The molecule has 0 radical (unpaired) electrons. The number of fused-ring (bicyclic) bond motifs is 1. The maximum absolute atomic E-state index is 13.3. The summed E-state index contributed by atoms with van der Waals surface area (Å²) in [6.45, 7) is -0.441. The number of benzene rings is 2. The fraction of sp³-hybridized carbons (Fsp3) is 0.300. The van der Waals surface area contributed by atoms with Gasteiger partial charge in [-0.25, -0.2) is 4.39 Å². The Morgan fingerprint density at radius 2 is 1.92 bits per heavy atom. The van der Waals surface area contributed by atoms with Crippen molar-refractivity contribution in [1.29, 1.82) is 0 Å². The first-order valence-corrected chi connectivity index (χ1v) is 9.32. The first-order valence-electron chi connectivity index (χ1n) is 8.34. The molecule has 4 nitrogen and oxygen atoms in total. The average molecular weight is 374 g/mol. The van der Waals surface area contributed by atoms with Gasteiger partial charge in [0.15, 0.2) is 6.61 Å². The van der Waals surface area contributed by atoms with E-state index < -0.39 is 24.2 Å². The third-order valence-electron chi connectivity index (χ3n) is 4.25. The fourth-order valence-electron chi connectivity index (χ4n) is 2.94. The third-order valence-corrected chi connectivity index (χ3v) is 5.22. The molecule has 3 rings (SSSR count). The van der Waals surface area contributed by atoms with E-state index in [9.17, 15) is 14.0 Å². The van der Waals surface area contributed by atoms with E-state index in [4.69, 9.17) is 9.47 Å². The van der Waals surface area contributed by atoms with Gasteiger partial charge in [0.25, 0.3) is 0 Å². The molecule has 0 saturated heterocycles. The molecular formula is C20H19FO4S. The smallest absolute Gasteiger partial charge is 0.316 e. The Labute approximate surface area is 155 Å². The molecular weight excluding hydrogens is 355 g/mol. The Bertz CT molecular complexity index is 835. The summed E-state index contributed by atoms with van der Waals surface area (Å²) >= 11 is 1.38. The maximum atomic E-state index is 13.3. The molecule has 0 bridgehead atoms. The predicted molar refractivity (Wildman–Crippen MR) is 97.4 cm³/mol. The van der Waals surface area contributed by atoms with Gasteiger partial charge in [-0.15, -0.1) is 11.8 Å². The summed E-state index contributed by atoms with van der Waals surface area (Å²) in [6.07, 6.45) is 3.38. The molecule has 2 aromatic rings. The zero-order chi connectivity index (χ0) is 18.5. The number of methoxy groups -OCH3 is 1. The van der Waals surface area contributed by atoms with E-state index in [1.54, 1.807) is 0 Å². The molecule has 136 valence electrons. The zero-order valence-electron chi connectivity index (χ0n) is 14.4. The number of carbonyl (C=O) groups excluding carboxylic acids is 2. The Kier molecular flexibility index (Phi) is 5.93. The van der Waals surface area contributed by atoms with Crippen LogP contribution in [0.15, 0.2) is 41.3 Å². The van der Waals surface area contributed by atoms with Crippen molar-refractivity contribution in [2.45, 2.75) is 24.2 Å². The molecule has 1 aliphatic carbocycles. The number of halogens is 1. The maximum Gasteiger partial charge on any atom is 0.316 e. The second kappa shape index (κ2) is 8.36. The van der Waals surface area contributed by atoms with E-state index in [-0.39, 0.29) is 17.1 Å². The van der Waals surface area contributed by atoms with Crippen LogP contribution in [0.25, 0.3) is 0 Å². The second-order valence-electron chi connectivity index (χ2n) is 6.00. The summed E-state index contributed by atoms with van der Waals surface area (Å²) in [5.74, 6) is -1.17. The Morgan fingerprint density at radius 3 is 2.73 bits per heavy atom. The van der Waals surface area contributed by atoms with Crippen molar-refractivity contribution in [2.24, 2.45) is 0 Å². The summed E-state index contributed by atoms with van der Waals surface area (Å²) < 4.78 is 23.4. The van der Waals surface area contributed by atoms with E-state index in [1.807, 2.05) is 6.07 Å². The van der Waals surface area contributed by atoms with Crippen molar-refractivity contribution in [3.8, 4) is 5.75 Å². The van der Waals surface area contributed by atoms with Gasteiger partial charge < -0.3 is 9.47 Å². The minimum Gasteiger partial charge on any atom is -0.496 e. The number of carbonyl (C=O) groups is 2. The van der Waals surface area contributed by atoms with Crippen molar-refractivity contribution < 1.29 is 23.5 Å². The van der Waals surface area contributed by atoms with E-state index in [0.29, 0.717) is 0 Å². The summed E-state index contributed by atoms with van der Waals surface area (Å²) in [5, 5.41) is 0. The summed E-state index contributed by atoms with van der Waals surface area (Å²) in [4.78, 5) is 25.1. The van der Waals surface area contributed by atoms with Gasteiger partial charge in [0.2, 0.25) is 5.78 Å². The number of esters is 1. The number of Topliss-reactive ketones (excluding diaryl/α,β-unsaturated/α-hetero) is 1. The van der Waals surface area contributed by atoms with Crippen molar-refractivity contribution in [1.82, 2.24) is 0 Å². The van der Waals surface area contributed by atoms with Crippen LogP contribution in [0.5, 0.6) is 5.75 Å². The molecule has 0 fully saturated rings. The molecule has 0 N–H and O–H groups in total. The molecule has 0 amide bonds. The lowest BCUT2D eigenvalue weighted by Crippen LogP contribution is -2.16. The van der Waals surface area contributed by atoms with Gasteiger partial charge in [0.05, 0.1) is 18.4 Å². The normalized spacial score (nSPS) is 12.5. The van der Waals surface area contributed by atoms with E-state index in [0.717, 1.165) is 23.8 Å². The second-order valence-corrected chi connectivity index (χ2v) is 7.05. The summed E-state index contributed by atoms with van der Waals surface area (Å²) in [7, 11) is 1.39. The lowest BCUT2D eigenvalue weighted by atomic mass is 10.1. The molecule has 6 heteroatoms. The van der Waals surface area contributed by atoms with Crippen LogP contribution in [0, 0.1) is 5.82 Å². The van der Waals surface area contributed by atoms with Crippen LogP contribution in [0.4, 0.5) is 4.39 Å². The topological polar surface area (TPSA) is 52.6 Å². The van der Waals surface area contributed by atoms with E-state index >= 15 is 0 Å². The molecule has 0 aliphatic heterocycles. The number of hydrogen-bond acceptors (Lipinski definition) is 5. The molecule has 0 spiro atoms. The monoisotopic (exact) mass is 374 g/mol. The van der Waals surface area contributed by atoms with Gasteiger partial charge in [-0.3, -0.25) is 9.59 Å². The fourth-order valence-corrected chi connectivity index (χ4v) is 3.70. The largest absolute Gasteiger partial charge is 0.496 e. The minimum atomic E-state index is -0.548. The Balaban J connectivity index is 1.51. The van der Waals surface area contributed by atoms with Crippen LogP contribution in [-0.2, 0) is 22.4 Å². The lowest BCUT2D eigenvalue weighted by molar-refractivity contribution is -0.139. The molecule has 0 unspecified atom stereocenters. The van der Waals surface area contributed by atoms with E-state index in [2.05, 4.69) is 12.1 Å². The highest BCUT2D eigenvalue weighted by Crippen LogP contribution is 2.27. The Hall–Kier alpha value is -2.34. The first-order chi connectivity index (χ1) is 12.6. The van der Waals surface area contributed by atoms with Crippen LogP contribution in [0.2, 0.25) is 0 Å². The first kappa shape index (κ1) is 18.5. The van der Waals surface area contributed by atoms with Crippen LogP contribution < -0.4 is 4.74 Å². The van der Waals surface area contributed by atoms with Crippen LogP contribution in [-0.4, -0.2) is 31.2 Å². The average Bonchev–Trinajstić information content (AvgIpc) is 3.12. The molecule has 0 heterocycles. The quantitative estimate of drug-likeness (QED) is 0.419. The number of hydrogen-bond donors (Lipinski definition) is 0. The highest BCUT2D eigenvalue weighted by atomic mass is 32.2. The summed E-state index contributed by atoms with van der Waals surface area (Å²) in [6, 6.07) is 9.88. The Morgan fingerprint density at radius 1 is 1.12 bits per heavy atom.